The zero-order valence-corrected chi connectivity index (χ0v) is 9.36. The van der Waals surface area contributed by atoms with Gasteiger partial charge in [0.15, 0.2) is 0 Å². The van der Waals surface area contributed by atoms with Crippen LogP contribution in [0.2, 0.25) is 0 Å². The van der Waals surface area contributed by atoms with Crippen LogP contribution in [0.3, 0.4) is 0 Å². The Morgan fingerprint density at radius 3 is 2.94 bits per heavy atom. The summed E-state index contributed by atoms with van der Waals surface area (Å²) >= 11 is 0. The summed E-state index contributed by atoms with van der Waals surface area (Å²) in [6.45, 7) is 4.11. The fourth-order valence-electron chi connectivity index (χ4n) is 2.54. The molecule has 0 radical (unpaired) electrons. The molecule has 0 spiro atoms. The maximum atomic E-state index is 13.2. The van der Waals surface area contributed by atoms with E-state index in [1.165, 1.54) is 6.07 Å². The number of hydrogen-bond donors (Lipinski definition) is 0. The second-order valence-electron chi connectivity index (χ2n) is 4.40. The van der Waals surface area contributed by atoms with Crippen molar-refractivity contribution in [3.05, 3.63) is 77.4 Å². The number of fused-ring (bicyclic) bond motifs is 1. The third-order valence-electron chi connectivity index (χ3n) is 3.26. The first-order chi connectivity index (χ1) is 8.25. The predicted molar refractivity (Wildman–Crippen MR) is 65.3 cm³/mol. The van der Waals surface area contributed by atoms with Crippen LogP contribution in [0, 0.1) is 5.82 Å². The van der Waals surface area contributed by atoms with Gasteiger partial charge in [-0.1, -0.05) is 24.3 Å². The van der Waals surface area contributed by atoms with Crippen molar-refractivity contribution in [2.45, 2.75) is 12.3 Å². The van der Waals surface area contributed by atoms with Crippen molar-refractivity contribution in [2.75, 3.05) is 0 Å². The van der Waals surface area contributed by atoms with Gasteiger partial charge in [0.25, 0.3) is 0 Å². The minimum atomic E-state index is -0.177. The van der Waals surface area contributed by atoms with Crippen LogP contribution >= 0.6 is 0 Å². The lowest BCUT2D eigenvalue weighted by atomic mass is 9.92. The highest BCUT2D eigenvalue weighted by atomic mass is 19.1. The lowest BCUT2D eigenvalue weighted by Crippen LogP contribution is -1.98. The minimum absolute atomic E-state index is 0.166. The lowest BCUT2D eigenvalue weighted by molar-refractivity contribution is 0.626. The quantitative estimate of drug-likeness (QED) is 0.677. The third-order valence-corrected chi connectivity index (χ3v) is 3.26. The average Bonchev–Trinajstić information content (AvgIpc) is 2.65. The fraction of sp³-hybridized carbons (Fsp3) is 0.133. The van der Waals surface area contributed by atoms with Crippen molar-refractivity contribution < 1.29 is 4.39 Å². The van der Waals surface area contributed by atoms with Crippen LogP contribution in [-0.4, -0.2) is 4.98 Å². The summed E-state index contributed by atoms with van der Waals surface area (Å²) in [7, 11) is 0. The van der Waals surface area contributed by atoms with E-state index in [2.05, 4.69) is 11.6 Å². The Bertz CT molecular complexity index is 575. The van der Waals surface area contributed by atoms with Crippen molar-refractivity contribution >= 4 is 0 Å². The molecule has 0 saturated carbocycles. The van der Waals surface area contributed by atoms with Crippen molar-refractivity contribution in [2.24, 2.45) is 0 Å². The maximum absolute atomic E-state index is 13.2. The minimum Gasteiger partial charge on any atom is -0.264 e. The molecule has 0 bridgehead atoms. The van der Waals surface area contributed by atoms with Gasteiger partial charge in [-0.15, -0.1) is 0 Å². The highest BCUT2D eigenvalue weighted by molar-refractivity contribution is 5.51. The Morgan fingerprint density at radius 1 is 1.29 bits per heavy atom. The third kappa shape index (κ3) is 1.66. The molecule has 1 heterocycles. The number of allylic oxidation sites excluding steroid dienone is 1. The van der Waals surface area contributed by atoms with Gasteiger partial charge in [-0.2, -0.15) is 0 Å². The summed E-state index contributed by atoms with van der Waals surface area (Å²) < 4.78 is 13.2. The summed E-state index contributed by atoms with van der Waals surface area (Å²) in [5.41, 5.74) is 4.44. The van der Waals surface area contributed by atoms with Gasteiger partial charge in [0.1, 0.15) is 5.82 Å². The van der Waals surface area contributed by atoms with Gasteiger partial charge >= 0.3 is 0 Å². The van der Waals surface area contributed by atoms with Crippen LogP contribution in [0.25, 0.3) is 0 Å². The molecule has 0 aliphatic heterocycles. The molecule has 1 aliphatic carbocycles. The van der Waals surface area contributed by atoms with Crippen LogP contribution in [0.15, 0.2) is 54.9 Å². The maximum Gasteiger partial charge on any atom is 0.123 e. The summed E-state index contributed by atoms with van der Waals surface area (Å²) in [6, 6.07) is 8.95. The Hall–Kier alpha value is -1.96. The summed E-state index contributed by atoms with van der Waals surface area (Å²) in [5, 5.41) is 0. The number of nitrogens with zero attached hydrogens (tertiary/aromatic N) is 1. The molecule has 1 aromatic carbocycles. The zero-order chi connectivity index (χ0) is 11.8. The normalized spacial score (nSPS) is 18.2. The predicted octanol–water partition coefficient (Wildman–Crippen LogP) is 3.46. The largest absolute Gasteiger partial charge is 0.264 e. The highest BCUT2D eigenvalue weighted by Gasteiger charge is 2.27. The molecule has 1 atom stereocenters. The van der Waals surface area contributed by atoms with E-state index < -0.39 is 0 Å². The summed E-state index contributed by atoms with van der Waals surface area (Å²) in [4.78, 5) is 4.14. The molecule has 1 unspecified atom stereocenters. The zero-order valence-electron chi connectivity index (χ0n) is 9.36. The van der Waals surface area contributed by atoms with E-state index in [0.29, 0.717) is 0 Å². The van der Waals surface area contributed by atoms with Crippen molar-refractivity contribution in [1.82, 2.24) is 4.98 Å². The molecule has 1 aromatic heterocycles. The molecule has 2 aromatic rings. The number of pyridine rings is 1. The van der Waals surface area contributed by atoms with Crippen molar-refractivity contribution in [3.8, 4) is 0 Å². The van der Waals surface area contributed by atoms with Gasteiger partial charge in [-0.25, -0.2) is 4.39 Å². The van der Waals surface area contributed by atoms with E-state index in [1.807, 2.05) is 24.4 Å². The van der Waals surface area contributed by atoms with Gasteiger partial charge in [0.05, 0.1) is 0 Å². The molecule has 1 aliphatic rings. The number of hydrogen-bond acceptors (Lipinski definition) is 1. The first-order valence-electron chi connectivity index (χ1n) is 5.61. The lowest BCUT2D eigenvalue weighted by Gasteiger charge is -2.12. The van der Waals surface area contributed by atoms with Gasteiger partial charge < -0.3 is 0 Å². The van der Waals surface area contributed by atoms with Crippen molar-refractivity contribution in [1.29, 1.82) is 0 Å². The molecular weight excluding hydrogens is 213 g/mol. The van der Waals surface area contributed by atoms with Crippen LogP contribution in [0.1, 0.15) is 22.6 Å². The molecule has 17 heavy (non-hydrogen) atoms. The Balaban J connectivity index is 2.12. The standard InChI is InChI=1S/C15H12FN/c1-10-7-12-8-13(16)4-5-14(12)15(10)11-3-2-6-17-9-11/h2-6,8-9,15H,1,7H2. The first-order valence-corrected chi connectivity index (χ1v) is 5.61. The molecular formula is C15H12FN. The first kappa shape index (κ1) is 10.2. The summed E-state index contributed by atoms with van der Waals surface area (Å²) in [5.74, 6) is -0.0114. The molecule has 1 nitrogen and oxygen atoms in total. The molecule has 3 rings (SSSR count). The second kappa shape index (κ2) is 3.81. The van der Waals surface area contributed by atoms with E-state index in [4.69, 9.17) is 0 Å². The van der Waals surface area contributed by atoms with E-state index in [-0.39, 0.29) is 11.7 Å². The monoisotopic (exact) mass is 225 g/mol. The molecule has 2 heteroatoms. The number of halogens is 1. The van der Waals surface area contributed by atoms with Crippen molar-refractivity contribution in [3.63, 3.8) is 0 Å². The molecule has 0 N–H and O–H groups in total. The Labute approximate surface area is 99.6 Å². The number of rotatable bonds is 1. The van der Waals surface area contributed by atoms with Crippen LogP contribution in [0.5, 0.6) is 0 Å². The van der Waals surface area contributed by atoms with Gasteiger partial charge in [0.2, 0.25) is 0 Å². The number of aromatic nitrogens is 1. The van der Waals surface area contributed by atoms with E-state index in [9.17, 15) is 4.39 Å². The van der Waals surface area contributed by atoms with Crippen LogP contribution in [0.4, 0.5) is 4.39 Å². The topological polar surface area (TPSA) is 12.9 Å². The van der Waals surface area contributed by atoms with E-state index in [1.54, 1.807) is 12.3 Å². The second-order valence-corrected chi connectivity index (χ2v) is 4.40. The molecule has 0 saturated heterocycles. The van der Waals surface area contributed by atoms with Gasteiger partial charge in [-0.05, 0) is 41.3 Å². The average molecular weight is 225 g/mol. The van der Waals surface area contributed by atoms with Crippen LogP contribution < -0.4 is 0 Å². The highest BCUT2D eigenvalue weighted by Crippen LogP contribution is 2.40. The SMILES string of the molecule is C=C1Cc2cc(F)ccc2C1c1cccnc1. The summed E-state index contributed by atoms with van der Waals surface area (Å²) in [6.07, 6.45) is 4.37. The van der Waals surface area contributed by atoms with E-state index in [0.717, 1.165) is 28.7 Å². The van der Waals surface area contributed by atoms with Gasteiger partial charge in [-0.3, -0.25) is 4.98 Å². The fourth-order valence-corrected chi connectivity index (χ4v) is 2.54. The Morgan fingerprint density at radius 2 is 2.18 bits per heavy atom. The smallest absolute Gasteiger partial charge is 0.123 e. The Kier molecular flexibility index (Phi) is 2.29. The molecule has 0 amide bonds. The van der Waals surface area contributed by atoms with E-state index >= 15 is 0 Å². The molecule has 0 fully saturated rings. The molecule has 84 valence electrons. The van der Waals surface area contributed by atoms with Gasteiger partial charge in [0, 0.05) is 18.3 Å². The number of benzene rings is 1. The van der Waals surface area contributed by atoms with Crippen LogP contribution in [-0.2, 0) is 6.42 Å².